The van der Waals surface area contributed by atoms with Crippen molar-refractivity contribution in [3.63, 3.8) is 0 Å². The molecular formula is C13H19ClFN. The van der Waals surface area contributed by atoms with Crippen LogP contribution in [-0.2, 0) is 0 Å². The normalized spacial score (nSPS) is 13.9. The molecule has 1 atom stereocenters. The molecule has 0 fully saturated rings. The first-order chi connectivity index (χ1) is 7.29. The van der Waals surface area contributed by atoms with Gasteiger partial charge in [-0.1, -0.05) is 38.4 Å². The number of rotatable bonds is 3. The topological polar surface area (TPSA) is 12.0 Å². The number of hydrogen-bond donors (Lipinski definition) is 1. The number of nitrogens with one attached hydrogen (secondary N) is 1. The van der Waals surface area contributed by atoms with Gasteiger partial charge in [0.05, 0.1) is 5.02 Å². The molecule has 0 aliphatic rings. The third-order valence-corrected chi connectivity index (χ3v) is 2.67. The summed E-state index contributed by atoms with van der Waals surface area (Å²) in [5.41, 5.74) is 1.24. The third kappa shape index (κ3) is 4.11. The average molecular weight is 244 g/mol. The predicted octanol–water partition coefficient (Wildman–Crippen LogP) is 4.18. The Hall–Kier alpha value is -0.600. The molecular weight excluding hydrogens is 225 g/mol. The van der Waals surface area contributed by atoms with E-state index in [0.717, 1.165) is 12.1 Å². The fourth-order valence-corrected chi connectivity index (χ4v) is 1.55. The van der Waals surface area contributed by atoms with E-state index in [2.05, 4.69) is 33.0 Å². The molecule has 0 heterocycles. The minimum atomic E-state index is -0.367. The Balaban J connectivity index is 2.66. The van der Waals surface area contributed by atoms with Crippen LogP contribution in [0, 0.1) is 11.2 Å². The highest BCUT2D eigenvalue weighted by Gasteiger charge is 2.13. The summed E-state index contributed by atoms with van der Waals surface area (Å²) in [6.45, 7) is 9.47. The summed E-state index contributed by atoms with van der Waals surface area (Å²) in [6.07, 6.45) is 0. The van der Waals surface area contributed by atoms with Crippen LogP contribution < -0.4 is 5.32 Å². The van der Waals surface area contributed by atoms with E-state index in [-0.39, 0.29) is 22.3 Å². The molecule has 0 aliphatic heterocycles. The highest BCUT2D eigenvalue weighted by atomic mass is 35.5. The Labute approximate surface area is 102 Å². The molecule has 0 amide bonds. The zero-order chi connectivity index (χ0) is 12.3. The molecule has 0 bridgehead atoms. The van der Waals surface area contributed by atoms with Gasteiger partial charge in [-0.15, -0.1) is 0 Å². The van der Waals surface area contributed by atoms with Crippen LogP contribution in [0.25, 0.3) is 0 Å². The van der Waals surface area contributed by atoms with Crippen molar-refractivity contribution in [3.8, 4) is 0 Å². The van der Waals surface area contributed by atoms with Crippen molar-refractivity contribution in [3.05, 3.63) is 34.6 Å². The van der Waals surface area contributed by atoms with Crippen molar-refractivity contribution >= 4 is 11.6 Å². The van der Waals surface area contributed by atoms with Crippen LogP contribution in [0.3, 0.4) is 0 Å². The highest BCUT2D eigenvalue weighted by Crippen LogP contribution is 2.21. The van der Waals surface area contributed by atoms with Gasteiger partial charge < -0.3 is 5.32 Å². The van der Waals surface area contributed by atoms with Crippen molar-refractivity contribution < 1.29 is 4.39 Å². The molecule has 1 aromatic carbocycles. The Morgan fingerprint density at radius 1 is 1.38 bits per heavy atom. The molecule has 3 heteroatoms. The number of halogens is 2. The Kier molecular flexibility index (Phi) is 4.34. The van der Waals surface area contributed by atoms with E-state index in [9.17, 15) is 4.39 Å². The van der Waals surface area contributed by atoms with Crippen LogP contribution in [0.5, 0.6) is 0 Å². The lowest BCUT2D eigenvalue weighted by molar-refractivity contribution is 0.359. The monoisotopic (exact) mass is 243 g/mol. The summed E-state index contributed by atoms with van der Waals surface area (Å²) >= 11 is 5.75. The van der Waals surface area contributed by atoms with Crippen LogP contribution in [0.1, 0.15) is 39.3 Å². The summed E-state index contributed by atoms with van der Waals surface area (Å²) in [5.74, 6) is -0.367. The van der Waals surface area contributed by atoms with Crippen LogP contribution in [0.15, 0.2) is 18.2 Å². The lowest BCUT2D eigenvalue weighted by Gasteiger charge is -2.23. The molecule has 0 spiro atoms. The van der Waals surface area contributed by atoms with Crippen molar-refractivity contribution in [1.29, 1.82) is 0 Å². The summed E-state index contributed by atoms with van der Waals surface area (Å²) in [7, 11) is 0. The summed E-state index contributed by atoms with van der Waals surface area (Å²) in [4.78, 5) is 0. The maximum Gasteiger partial charge on any atom is 0.141 e. The van der Waals surface area contributed by atoms with Gasteiger partial charge in [0.25, 0.3) is 0 Å². The van der Waals surface area contributed by atoms with Crippen LogP contribution in [0.4, 0.5) is 4.39 Å². The van der Waals surface area contributed by atoms with Crippen molar-refractivity contribution in [2.45, 2.75) is 33.7 Å². The largest absolute Gasteiger partial charge is 0.310 e. The van der Waals surface area contributed by atoms with Crippen molar-refractivity contribution in [2.24, 2.45) is 5.41 Å². The van der Waals surface area contributed by atoms with E-state index in [1.54, 1.807) is 12.1 Å². The Bertz CT molecular complexity index is 357. The maximum atomic E-state index is 13.0. The van der Waals surface area contributed by atoms with Gasteiger partial charge in [-0.2, -0.15) is 0 Å². The Morgan fingerprint density at radius 2 is 2.00 bits per heavy atom. The maximum absolute atomic E-state index is 13.0. The molecule has 0 aliphatic carbocycles. The molecule has 1 unspecified atom stereocenters. The van der Waals surface area contributed by atoms with Gasteiger partial charge in [-0.05, 0) is 30.0 Å². The second kappa shape index (κ2) is 5.15. The van der Waals surface area contributed by atoms with E-state index < -0.39 is 0 Å². The fourth-order valence-electron chi connectivity index (χ4n) is 1.36. The fraction of sp³-hybridized carbons (Fsp3) is 0.538. The average Bonchev–Trinajstić information content (AvgIpc) is 2.17. The molecule has 1 rings (SSSR count). The van der Waals surface area contributed by atoms with E-state index in [1.165, 1.54) is 6.07 Å². The van der Waals surface area contributed by atoms with Gasteiger partial charge in [-0.25, -0.2) is 4.39 Å². The molecule has 0 saturated carbocycles. The van der Waals surface area contributed by atoms with Gasteiger partial charge in [0.15, 0.2) is 0 Å². The first-order valence-electron chi connectivity index (χ1n) is 5.48. The summed E-state index contributed by atoms with van der Waals surface area (Å²) in [6, 6.07) is 5.03. The smallest absolute Gasteiger partial charge is 0.141 e. The van der Waals surface area contributed by atoms with E-state index in [1.807, 2.05) is 0 Å². The number of hydrogen-bond acceptors (Lipinski definition) is 1. The van der Waals surface area contributed by atoms with Crippen LogP contribution in [-0.4, -0.2) is 6.54 Å². The number of benzene rings is 1. The molecule has 1 N–H and O–H groups in total. The standard InChI is InChI=1S/C13H19ClFN/c1-9(16-8-13(2,3)4)10-5-6-12(15)11(14)7-10/h5-7,9,16H,8H2,1-4H3. The minimum Gasteiger partial charge on any atom is -0.310 e. The zero-order valence-corrected chi connectivity index (χ0v) is 11.0. The van der Waals surface area contributed by atoms with Gasteiger partial charge >= 0.3 is 0 Å². The summed E-state index contributed by atoms with van der Waals surface area (Å²) < 4.78 is 13.0. The second-order valence-electron chi connectivity index (χ2n) is 5.34. The van der Waals surface area contributed by atoms with Crippen LogP contribution in [0.2, 0.25) is 5.02 Å². The second-order valence-corrected chi connectivity index (χ2v) is 5.74. The Morgan fingerprint density at radius 3 is 2.50 bits per heavy atom. The predicted molar refractivity (Wildman–Crippen MR) is 67.3 cm³/mol. The molecule has 1 nitrogen and oxygen atoms in total. The molecule has 0 aromatic heterocycles. The van der Waals surface area contributed by atoms with E-state index in [4.69, 9.17) is 11.6 Å². The van der Waals surface area contributed by atoms with Gasteiger partial charge in [0, 0.05) is 12.6 Å². The lowest BCUT2D eigenvalue weighted by Crippen LogP contribution is -2.29. The molecule has 90 valence electrons. The lowest BCUT2D eigenvalue weighted by atomic mass is 9.96. The first kappa shape index (κ1) is 13.5. The highest BCUT2D eigenvalue weighted by molar-refractivity contribution is 6.30. The molecule has 0 radical (unpaired) electrons. The van der Waals surface area contributed by atoms with Gasteiger partial charge in [0.1, 0.15) is 5.82 Å². The molecule has 16 heavy (non-hydrogen) atoms. The molecule has 0 saturated heterocycles. The van der Waals surface area contributed by atoms with Crippen LogP contribution >= 0.6 is 11.6 Å². The first-order valence-corrected chi connectivity index (χ1v) is 5.86. The van der Waals surface area contributed by atoms with E-state index >= 15 is 0 Å². The van der Waals surface area contributed by atoms with E-state index in [0.29, 0.717) is 0 Å². The third-order valence-electron chi connectivity index (χ3n) is 2.38. The van der Waals surface area contributed by atoms with Crippen molar-refractivity contribution in [1.82, 2.24) is 5.32 Å². The quantitative estimate of drug-likeness (QED) is 0.840. The van der Waals surface area contributed by atoms with Crippen molar-refractivity contribution in [2.75, 3.05) is 6.54 Å². The molecule has 1 aromatic rings. The van der Waals surface area contributed by atoms with Gasteiger partial charge in [-0.3, -0.25) is 0 Å². The van der Waals surface area contributed by atoms with Gasteiger partial charge in [0.2, 0.25) is 0 Å². The summed E-state index contributed by atoms with van der Waals surface area (Å²) in [5, 5.41) is 3.59. The minimum absolute atomic E-state index is 0.178. The SMILES string of the molecule is CC(NCC(C)(C)C)c1ccc(F)c(Cl)c1. The zero-order valence-electron chi connectivity index (χ0n) is 10.3.